The summed E-state index contributed by atoms with van der Waals surface area (Å²) in [6.07, 6.45) is 1.54. The summed E-state index contributed by atoms with van der Waals surface area (Å²) in [4.78, 5) is 12.0. The zero-order chi connectivity index (χ0) is 13.6. The number of amides is 1. The molecule has 3 N–H and O–H groups in total. The lowest BCUT2D eigenvalue weighted by molar-refractivity contribution is -0.124. The molecule has 3 rings (SSSR count). The van der Waals surface area contributed by atoms with Gasteiger partial charge in [-0.1, -0.05) is 18.2 Å². The Balaban J connectivity index is 1.87. The number of benzene rings is 1. The van der Waals surface area contributed by atoms with Crippen molar-refractivity contribution < 1.29 is 9.21 Å². The van der Waals surface area contributed by atoms with Gasteiger partial charge in [0.25, 0.3) is 0 Å². The van der Waals surface area contributed by atoms with E-state index in [0.29, 0.717) is 0 Å². The predicted molar refractivity (Wildman–Crippen MR) is 73.7 cm³/mol. The zero-order valence-corrected chi connectivity index (χ0v) is 11.2. The summed E-state index contributed by atoms with van der Waals surface area (Å²) in [6.45, 7) is 3.94. The molecule has 0 aliphatic heterocycles. The van der Waals surface area contributed by atoms with Crippen LogP contribution in [-0.2, 0) is 4.79 Å². The Kier molecular flexibility index (Phi) is 2.64. The third-order valence-electron chi connectivity index (χ3n) is 3.86. The smallest absolute Gasteiger partial charge is 0.240 e. The van der Waals surface area contributed by atoms with Gasteiger partial charge in [0, 0.05) is 10.9 Å². The second kappa shape index (κ2) is 4.10. The van der Waals surface area contributed by atoms with Crippen molar-refractivity contribution in [2.24, 2.45) is 5.73 Å². The molecule has 1 atom stereocenters. The van der Waals surface area contributed by atoms with Gasteiger partial charge in [-0.05, 0) is 32.8 Å². The van der Waals surface area contributed by atoms with Gasteiger partial charge in [0.05, 0.1) is 11.6 Å². The molecule has 1 aliphatic carbocycles. The lowest BCUT2D eigenvalue weighted by Crippen LogP contribution is -2.43. The summed E-state index contributed by atoms with van der Waals surface area (Å²) in [5.41, 5.74) is 7.17. The van der Waals surface area contributed by atoms with E-state index in [1.54, 1.807) is 0 Å². The number of para-hydroxylation sites is 1. The highest BCUT2D eigenvalue weighted by Crippen LogP contribution is 2.34. The highest BCUT2D eigenvalue weighted by molar-refractivity contribution is 5.89. The van der Waals surface area contributed by atoms with Crippen LogP contribution < -0.4 is 11.1 Å². The van der Waals surface area contributed by atoms with E-state index in [-0.39, 0.29) is 11.9 Å². The standard InChI is InChI=1S/C15H18N2O2/c1-9-11-5-3-4-6-12(11)19-13(9)10(2)17-14(18)15(16)7-8-15/h3-6,10H,7-8,16H2,1-2H3,(H,17,18). The molecular formula is C15H18N2O2. The Morgan fingerprint density at radius 3 is 2.74 bits per heavy atom. The SMILES string of the molecule is Cc1c(C(C)NC(=O)C2(N)CC2)oc2ccccc12. The maximum absolute atomic E-state index is 12.0. The largest absolute Gasteiger partial charge is 0.459 e. The topological polar surface area (TPSA) is 68.3 Å². The van der Waals surface area contributed by atoms with Crippen molar-refractivity contribution in [3.63, 3.8) is 0 Å². The minimum Gasteiger partial charge on any atom is -0.459 e. The monoisotopic (exact) mass is 258 g/mol. The van der Waals surface area contributed by atoms with E-state index < -0.39 is 5.54 Å². The molecule has 0 saturated heterocycles. The van der Waals surface area contributed by atoms with E-state index in [1.807, 2.05) is 38.1 Å². The number of nitrogens with two attached hydrogens (primary N) is 1. The average molecular weight is 258 g/mol. The molecule has 1 saturated carbocycles. The van der Waals surface area contributed by atoms with Crippen LogP contribution in [-0.4, -0.2) is 11.4 Å². The van der Waals surface area contributed by atoms with E-state index in [4.69, 9.17) is 10.2 Å². The highest BCUT2D eigenvalue weighted by atomic mass is 16.3. The summed E-state index contributed by atoms with van der Waals surface area (Å²) < 4.78 is 5.84. The predicted octanol–water partition coefficient (Wildman–Crippen LogP) is 2.41. The molecule has 1 aromatic heterocycles. The molecule has 1 unspecified atom stereocenters. The van der Waals surface area contributed by atoms with E-state index >= 15 is 0 Å². The lowest BCUT2D eigenvalue weighted by atomic mass is 10.1. The van der Waals surface area contributed by atoms with E-state index in [1.165, 1.54) is 0 Å². The third-order valence-corrected chi connectivity index (χ3v) is 3.86. The van der Waals surface area contributed by atoms with Crippen molar-refractivity contribution in [1.29, 1.82) is 0 Å². The summed E-state index contributed by atoms with van der Waals surface area (Å²) in [5, 5.41) is 4.03. The quantitative estimate of drug-likeness (QED) is 0.888. The van der Waals surface area contributed by atoms with Crippen LogP contribution in [0.5, 0.6) is 0 Å². The molecule has 2 aromatic rings. The first-order valence-corrected chi connectivity index (χ1v) is 6.59. The molecule has 1 heterocycles. The molecule has 1 fully saturated rings. The second-order valence-corrected chi connectivity index (χ2v) is 5.44. The Morgan fingerprint density at radius 2 is 2.11 bits per heavy atom. The first kappa shape index (κ1) is 12.2. The molecule has 1 aliphatic rings. The summed E-state index contributed by atoms with van der Waals surface area (Å²) in [5.74, 6) is 0.721. The first-order chi connectivity index (χ1) is 9.01. The highest BCUT2D eigenvalue weighted by Gasteiger charge is 2.46. The van der Waals surface area contributed by atoms with Gasteiger partial charge in [-0.2, -0.15) is 0 Å². The van der Waals surface area contributed by atoms with Crippen molar-refractivity contribution in [3.05, 3.63) is 35.6 Å². The zero-order valence-electron chi connectivity index (χ0n) is 11.2. The van der Waals surface area contributed by atoms with E-state index in [2.05, 4.69) is 5.32 Å². The molecule has 19 heavy (non-hydrogen) atoms. The van der Waals surface area contributed by atoms with Crippen molar-refractivity contribution in [3.8, 4) is 0 Å². The van der Waals surface area contributed by atoms with Gasteiger partial charge in [0.2, 0.25) is 5.91 Å². The molecule has 4 nitrogen and oxygen atoms in total. The Hall–Kier alpha value is -1.81. The Bertz CT molecular complexity index is 641. The molecular weight excluding hydrogens is 240 g/mol. The number of hydrogen-bond acceptors (Lipinski definition) is 3. The minimum atomic E-state index is -0.645. The van der Waals surface area contributed by atoms with Gasteiger partial charge in [0.15, 0.2) is 0 Å². The van der Waals surface area contributed by atoms with Crippen LogP contribution in [0, 0.1) is 6.92 Å². The number of aryl methyl sites for hydroxylation is 1. The van der Waals surface area contributed by atoms with Crippen LogP contribution in [0.15, 0.2) is 28.7 Å². The van der Waals surface area contributed by atoms with E-state index in [0.717, 1.165) is 35.1 Å². The van der Waals surface area contributed by atoms with Gasteiger partial charge in [-0.15, -0.1) is 0 Å². The van der Waals surface area contributed by atoms with Gasteiger partial charge in [-0.3, -0.25) is 4.79 Å². The first-order valence-electron chi connectivity index (χ1n) is 6.59. The average Bonchev–Trinajstić information content (AvgIpc) is 3.06. The molecule has 1 aromatic carbocycles. The van der Waals surface area contributed by atoms with Crippen LogP contribution in [0.3, 0.4) is 0 Å². The van der Waals surface area contributed by atoms with Crippen molar-refractivity contribution in [1.82, 2.24) is 5.32 Å². The maximum atomic E-state index is 12.0. The van der Waals surface area contributed by atoms with Crippen LogP contribution in [0.25, 0.3) is 11.0 Å². The Labute approximate surface area is 112 Å². The number of rotatable bonds is 3. The maximum Gasteiger partial charge on any atom is 0.240 e. The molecule has 100 valence electrons. The van der Waals surface area contributed by atoms with Gasteiger partial charge < -0.3 is 15.5 Å². The number of carbonyl (C=O) groups is 1. The number of carbonyl (C=O) groups excluding carboxylic acids is 1. The summed E-state index contributed by atoms with van der Waals surface area (Å²) >= 11 is 0. The number of furan rings is 1. The molecule has 0 bridgehead atoms. The Morgan fingerprint density at radius 1 is 1.42 bits per heavy atom. The van der Waals surface area contributed by atoms with Crippen molar-refractivity contribution in [2.45, 2.75) is 38.3 Å². The van der Waals surface area contributed by atoms with Crippen molar-refractivity contribution in [2.75, 3.05) is 0 Å². The fraction of sp³-hybridized carbons (Fsp3) is 0.400. The fourth-order valence-corrected chi connectivity index (χ4v) is 2.37. The van der Waals surface area contributed by atoms with Gasteiger partial charge >= 0.3 is 0 Å². The third kappa shape index (κ3) is 2.02. The molecule has 4 heteroatoms. The summed E-state index contributed by atoms with van der Waals surface area (Å²) in [6, 6.07) is 7.72. The lowest BCUT2D eigenvalue weighted by Gasteiger charge is -2.15. The fourth-order valence-electron chi connectivity index (χ4n) is 2.37. The van der Waals surface area contributed by atoms with Crippen LogP contribution >= 0.6 is 0 Å². The minimum absolute atomic E-state index is 0.0835. The molecule has 0 radical (unpaired) electrons. The molecule has 1 amide bonds. The van der Waals surface area contributed by atoms with Crippen LogP contribution in [0.1, 0.15) is 37.1 Å². The molecule has 0 spiro atoms. The van der Waals surface area contributed by atoms with Gasteiger partial charge in [-0.25, -0.2) is 0 Å². The summed E-state index contributed by atoms with van der Waals surface area (Å²) in [7, 11) is 0. The van der Waals surface area contributed by atoms with Crippen molar-refractivity contribution >= 4 is 16.9 Å². The van der Waals surface area contributed by atoms with Crippen LogP contribution in [0.2, 0.25) is 0 Å². The normalized spacial score (nSPS) is 18.3. The van der Waals surface area contributed by atoms with Crippen LogP contribution in [0.4, 0.5) is 0 Å². The van der Waals surface area contributed by atoms with E-state index in [9.17, 15) is 4.79 Å². The van der Waals surface area contributed by atoms with Gasteiger partial charge in [0.1, 0.15) is 11.3 Å². The second-order valence-electron chi connectivity index (χ2n) is 5.44. The number of hydrogen-bond donors (Lipinski definition) is 2. The number of nitrogens with one attached hydrogen (secondary N) is 1. The number of fused-ring (bicyclic) bond motifs is 1.